The first-order chi connectivity index (χ1) is 15.7. The van der Waals surface area contributed by atoms with Crippen LogP contribution in [0.3, 0.4) is 0 Å². The molecule has 1 saturated carbocycles. The van der Waals surface area contributed by atoms with Gasteiger partial charge in [0.1, 0.15) is 0 Å². The van der Waals surface area contributed by atoms with E-state index in [4.69, 9.17) is 9.47 Å². The Morgan fingerprint density at radius 2 is 1.78 bits per heavy atom. The lowest BCUT2D eigenvalue weighted by atomic mass is 9.82. The van der Waals surface area contributed by atoms with Crippen molar-refractivity contribution in [3.05, 3.63) is 59.7 Å². The maximum atomic E-state index is 12.5. The lowest BCUT2D eigenvalue weighted by Crippen LogP contribution is -2.40. The van der Waals surface area contributed by atoms with Crippen LogP contribution in [0.1, 0.15) is 74.8 Å². The Labute approximate surface area is 192 Å². The van der Waals surface area contributed by atoms with Crippen molar-refractivity contribution in [3.63, 3.8) is 0 Å². The quantitative estimate of drug-likeness (QED) is 0.463. The Hall–Kier alpha value is -2.49. The summed E-state index contributed by atoms with van der Waals surface area (Å²) in [5.41, 5.74) is 2.64. The number of aryl methyl sites for hydroxylation is 1. The minimum absolute atomic E-state index is 0.103. The number of hydrogen-bond acceptors (Lipinski definition) is 3. The van der Waals surface area contributed by atoms with E-state index in [-0.39, 0.29) is 11.8 Å². The molecule has 2 atom stereocenters. The third kappa shape index (κ3) is 6.05. The van der Waals surface area contributed by atoms with E-state index in [0.717, 1.165) is 50.0 Å². The van der Waals surface area contributed by atoms with E-state index in [1.165, 1.54) is 36.8 Å². The van der Waals surface area contributed by atoms with Gasteiger partial charge in [-0.1, -0.05) is 49.2 Å². The molecule has 1 saturated heterocycles. The number of benzene rings is 2. The van der Waals surface area contributed by atoms with Gasteiger partial charge >= 0.3 is 0 Å². The molecule has 1 amide bonds. The van der Waals surface area contributed by atoms with Crippen LogP contribution in [0.25, 0.3) is 0 Å². The Kier molecular flexibility index (Phi) is 8.08. The van der Waals surface area contributed by atoms with E-state index >= 15 is 0 Å². The molecular weight excluding hydrogens is 398 g/mol. The normalized spacial score (nSPS) is 21.3. The summed E-state index contributed by atoms with van der Waals surface area (Å²) in [4.78, 5) is 12.5. The van der Waals surface area contributed by atoms with Gasteiger partial charge in [0.05, 0.1) is 13.2 Å². The highest BCUT2D eigenvalue weighted by Gasteiger charge is 2.29. The molecule has 32 heavy (non-hydrogen) atoms. The molecule has 172 valence electrons. The summed E-state index contributed by atoms with van der Waals surface area (Å²) >= 11 is 0. The van der Waals surface area contributed by atoms with Crippen LogP contribution in [-0.4, -0.2) is 25.7 Å². The number of rotatable bonds is 10. The number of nitrogens with one attached hydrogen (secondary N) is 1. The van der Waals surface area contributed by atoms with Gasteiger partial charge in [0, 0.05) is 18.4 Å². The SMILES string of the molecule is COc1ccc([C@H]2CNC(=O)[C@@H](CCCCCc3ccccc3)C2)cc1OC1CCCC1. The Balaban J connectivity index is 1.30. The van der Waals surface area contributed by atoms with Crippen LogP contribution in [0, 0.1) is 5.92 Å². The lowest BCUT2D eigenvalue weighted by molar-refractivity contribution is -0.127. The topological polar surface area (TPSA) is 47.6 Å². The minimum Gasteiger partial charge on any atom is -0.493 e. The van der Waals surface area contributed by atoms with Crippen molar-refractivity contribution in [2.45, 2.75) is 76.2 Å². The standard InChI is InChI=1S/C28H37NO3/c1-31-26-17-16-22(19-27(26)32-25-14-8-9-15-25)24-18-23(28(30)29-20-24)13-7-3-6-12-21-10-4-2-5-11-21/h2,4-5,10-11,16-17,19,23-25H,3,6-9,12-15,18,20H2,1H3,(H,29,30)/t23-,24+/m0/s1. The van der Waals surface area contributed by atoms with Crippen molar-refractivity contribution in [1.29, 1.82) is 0 Å². The predicted molar refractivity (Wildman–Crippen MR) is 128 cm³/mol. The second-order valence-corrected chi connectivity index (χ2v) is 9.39. The smallest absolute Gasteiger partial charge is 0.223 e. The molecular formula is C28H37NO3. The molecule has 4 rings (SSSR count). The number of carbonyl (C=O) groups is 1. The largest absolute Gasteiger partial charge is 0.493 e. The monoisotopic (exact) mass is 435 g/mol. The molecule has 0 aromatic heterocycles. The lowest BCUT2D eigenvalue weighted by Gasteiger charge is -2.30. The second kappa shape index (κ2) is 11.4. The van der Waals surface area contributed by atoms with E-state index in [9.17, 15) is 4.79 Å². The van der Waals surface area contributed by atoms with Crippen molar-refractivity contribution >= 4 is 5.91 Å². The molecule has 2 aromatic carbocycles. The van der Waals surface area contributed by atoms with Crippen LogP contribution < -0.4 is 14.8 Å². The number of unbranched alkanes of at least 4 members (excludes halogenated alkanes) is 2. The maximum absolute atomic E-state index is 12.5. The summed E-state index contributed by atoms with van der Waals surface area (Å²) in [5.74, 6) is 2.31. The predicted octanol–water partition coefficient (Wildman–Crippen LogP) is 6.04. The van der Waals surface area contributed by atoms with Gasteiger partial charge in [-0.2, -0.15) is 0 Å². The zero-order chi connectivity index (χ0) is 22.2. The van der Waals surface area contributed by atoms with Gasteiger partial charge < -0.3 is 14.8 Å². The molecule has 2 aromatic rings. The Bertz CT molecular complexity index is 860. The first-order valence-corrected chi connectivity index (χ1v) is 12.4. The molecule has 4 nitrogen and oxygen atoms in total. The summed E-state index contributed by atoms with van der Waals surface area (Å²) in [6.07, 6.45) is 11.5. The molecule has 2 fully saturated rings. The van der Waals surface area contributed by atoms with Crippen LogP contribution in [0.4, 0.5) is 0 Å². The summed E-state index contributed by atoms with van der Waals surface area (Å²) in [7, 11) is 1.70. The average molecular weight is 436 g/mol. The van der Waals surface area contributed by atoms with Crippen LogP contribution in [0.15, 0.2) is 48.5 Å². The van der Waals surface area contributed by atoms with Crippen molar-refractivity contribution in [3.8, 4) is 11.5 Å². The number of hydrogen-bond donors (Lipinski definition) is 1. The van der Waals surface area contributed by atoms with Gasteiger partial charge in [0.15, 0.2) is 11.5 Å². The molecule has 1 N–H and O–H groups in total. The Morgan fingerprint density at radius 3 is 2.56 bits per heavy atom. The van der Waals surface area contributed by atoms with E-state index < -0.39 is 0 Å². The van der Waals surface area contributed by atoms with Gasteiger partial charge in [-0.25, -0.2) is 0 Å². The van der Waals surface area contributed by atoms with Gasteiger partial charge in [-0.15, -0.1) is 0 Å². The number of ether oxygens (including phenoxy) is 2. The number of amides is 1. The zero-order valence-corrected chi connectivity index (χ0v) is 19.4. The van der Waals surface area contributed by atoms with Crippen molar-refractivity contribution < 1.29 is 14.3 Å². The van der Waals surface area contributed by atoms with E-state index in [1.807, 2.05) is 6.07 Å². The number of methoxy groups -OCH3 is 1. The molecule has 1 aliphatic carbocycles. The molecule has 2 aliphatic rings. The van der Waals surface area contributed by atoms with Crippen molar-refractivity contribution in [1.82, 2.24) is 5.32 Å². The van der Waals surface area contributed by atoms with E-state index in [1.54, 1.807) is 7.11 Å². The molecule has 4 heteroatoms. The highest BCUT2D eigenvalue weighted by molar-refractivity contribution is 5.79. The van der Waals surface area contributed by atoms with Gasteiger partial charge in [-0.05, 0) is 74.6 Å². The summed E-state index contributed by atoms with van der Waals surface area (Å²) in [6, 6.07) is 17.0. The third-order valence-corrected chi connectivity index (χ3v) is 7.08. The first kappa shape index (κ1) is 22.7. The molecule has 0 spiro atoms. The fourth-order valence-corrected chi connectivity index (χ4v) is 5.17. The Morgan fingerprint density at radius 1 is 0.969 bits per heavy atom. The molecule has 1 aliphatic heterocycles. The van der Waals surface area contributed by atoms with Crippen LogP contribution in [0.2, 0.25) is 0 Å². The average Bonchev–Trinajstić information content (AvgIpc) is 3.34. The first-order valence-electron chi connectivity index (χ1n) is 12.4. The van der Waals surface area contributed by atoms with E-state index in [2.05, 4.69) is 47.8 Å². The summed E-state index contributed by atoms with van der Waals surface area (Å²) in [6.45, 7) is 0.707. The second-order valence-electron chi connectivity index (χ2n) is 9.39. The van der Waals surface area contributed by atoms with E-state index in [0.29, 0.717) is 18.6 Å². The zero-order valence-electron chi connectivity index (χ0n) is 19.4. The highest BCUT2D eigenvalue weighted by atomic mass is 16.5. The third-order valence-electron chi connectivity index (χ3n) is 7.08. The molecule has 0 radical (unpaired) electrons. The molecule has 0 unspecified atom stereocenters. The van der Waals surface area contributed by atoms with Crippen molar-refractivity contribution in [2.75, 3.05) is 13.7 Å². The van der Waals surface area contributed by atoms with Crippen LogP contribution >= 0.6 is 0 Å². The number of piperidine rings is 1. The maximum Gasteiger partial charge on any atom is 0.223 e. The number of carbonyl (C=O) groups excluding carboxylic acids is 1. The summed E-state index contributed by atoms with van der Waals surface area (Å²) < 4.78 is 11.8. The van der Waals surface area contributed by atoms with Crippen LogP contribution in [0.5, 0.6) is 11.5 Å². The van der Waals surface area contributed by atoms with Gasteiger partial charge in [0.2, 0.25) is 5.91 Å². The van der Waals surface area contributed by atoms with Crippen molar-refractivity contribution in [2.24, 2.45) is 5.92 Å². The highest BCUT2D eigenvalue weighted by Crippen LogP contribution is 2.37. The van der Waals surface area contributed by atoms with Gasteiger partial charge in [-0.3, -0.25) is 4.79 Å². The molecule has 0 bridgehead atoms. The fraction of sp³-hybridized carbons (Fsp3) is 0.536. The molecule has 1 heterocycles. The van der Waals surface area contributed by atoms with Crippen LogP contribution in [-0.2, 0) is 11.2 Å². The fourth-order valence-electron chi connectivity index (χ4n) is 5.17. The summed E-state index contributed by atoms with van der Waals surface area (Å²) in [5, 5.41) is 3.16. The minimum atomic E-state index is 0.103. The van der Waals surface area contributed by atoms with Gasteiger partial charge in [0.25, 0.3) is 0 Å².